The van der Waals surface area contributed by atoms with Crippen molar-refractivity contribution in [3.05, 3.63) is 65.0 Å². The van der Waals surface area contributed by atoms with E-state index in [-0.39, 0.29) is 23.8 Å². The molecule has 0 aromatic heterocycles. The molecule has 0 bridgehead atoms. The van der Waals surface area contributed by atoms with Gasteiger partial charge in [-0.3, -0.25) is 4.79 Å². The monoisotopic (exact) mass is 350 g/mol. The van der Waals surface area contributed by atoms with Gasteiger partial charge < -0.3 is 5.32 Å². The standard InChI is InChI=1S/C17H19FN2O3S/c1-12-3-4-13(2)16(9-12)24(22,23)20-11-17(21)19-10-14-5-7-15(18)8-6-14/h3-9,20H,10-11H2,1-2H3,(H,19,21). The van der Waals surface area contributed by atoms with Crippen molar-refractivity contribution < 1.29 is 17.6 Å². The number of hydrogen-bond acceptors (Lipinski definition) is 3. The van der Waals surface area contributed by atoms with Gasteiger partial charge in [-0.15, -0.1) is 0 Å². The maximum atomic E-state index is 12.8. The Balaban J connectivity index is 1.93. The number of sulfonamides is 1. The third-order valence-electron chi connectivity index (χ3n) is 3.46. The Kier molecular flexibility index (Phi) is 5.69. The molecule has 0 aliphatic carbocycles. The van der Waals surface area contributed by atoms with Crippen molar-refractivity contribution >= 4 is 15.9 Å². The summed E-state index contributed by atoms with van der Waals surface area (Å²) in [5.74, 6) is -0.820. The Morgan fingerprint density at radius 3 is 2.42 bits per heavy atom. The minimum atomic E-state index is -3.76. The molecular weight excluding hydrogens is 331 g/mol. The van der Waals surface area contributed by atoms with E-state index in [0.29, 0.717) is 5.56 Å². The number of carbonyl (C=O) groups is 1. The van der Waals surface area contributed by atoms with E-state index < -0.39 is 15.9 Å². The van der Waals surface area contributed by atoms with E-state index in [1.165, 1.54) is 12.1 Å². The average Bonchev–Trinajstić information content (AvgIpc) is 2.54. The molecule has 0 fully saturated rings. The van der Waals surface area contributed by atoms with Crippen molar-refractivity contribution in [3.63, 3.8) is 0 Å². The van der Waals surface area contributed by atoms with E-state index in [4.69, 9.17) is 0 Å². The van der Waals surface area contributed by atoms with Crippen LogP contribution in [0.5, 0.6) is 0 Å². The van der Waals surface area contributed by atoms with Crippen molar-refractivity contribution in [3.8, 4) is 0 Å². The van der Waals surface area contributed by atoms with Crippen LogP contribution in [-0.2, 0) is 21.4 Å². The average molecular weight is 350 g/mol. The summed E-state index contributed by atoms with van der Waals surface area (Å²) in [5, 5.41) is 2.58. The normalized spacial score (nSPS) is 11.3. The van der Waals surface area contributed by atoms with Gasteiger partial charge in [0.15, 0.2) is 0 Å². The number of nitrogens with one attached hydrogen (secondary N) is 2. The van der Waals surface area contributed by atoms with Crippen molar-refractivity contribution in [2.75, 3.05) is 6.54 Å². The molecule has 0 saturated carbocycles. The van der Waals surface area contributed by atoms with Gasteiger partial charge in [-0.1, -0.05) is 24.3 Å². The van der Waals surface area contributed by atoms with Gasteiger partial charge in [0.05, 0.1) is 11.4 Å². The fourth-order valence-electron chi connectivity index (χ4n) is 2.10. The predicted octanol–water partition coefficient (Wildman–Crippen LogP) is 2.04. The molecule has 0 atom stereocenters. The Hall–Kier alpha value is -2.25. The first-order valence-corrected chi connectivity index (χ1v) is 8.84. The molecule has 1 amide bonds. The van der Waals surface area contributed by atoms with Gasteiger partial charge >= 0.3 is 0 Å². The number of benzene rings is 2. The maximum Gasteiger partial charge on any atom is 0.241 e. The molecule has 0 spiro atoms. The Morgan fingerprint density at radius 2 is 1.75 bits per heavy atom. The highest BCUT2D eigenvalue weighted by atomic mass is 32.2. The van der Waals surface area contributed by atoms with Crippen molar-refractivity contribution in [2.24, 2.45) is 0 Å². The molecule has 0 aliphatic rings. The smallest absolute Gasteiger partial charge is 0.241 e. The summed E-state index contributed by atoms with van der Waals surface area (Å²) in [6.07, 6.45) is 0. The van der Waals surface area contributed by atoms with Gasteiger partial charge in [0.2, 0.25) is 15.9 Å². The molecule has 0 unspecified atom stereocenters. The maximum absolute atomic E-state index is 12.8. The van der Waals surface area contributed by atoms with Crippen LogP contribution in [-0.4, -0.2) is 20.9 Å². The molecular formula is C17H19FN2O3S. The largest absolute Gasteiger partial charge is 0.351 e. The van der Waals surface area contributed by atoms with Gasteiger partial charge in [-0.25, -0.2) is 17.5 Å². The van der Waals surface area contributed by atoms with E-state index >= 15 is 0 Å². The molecule has 2 aromatic rings. The number of hydrogen-bond donors (Lipinski definition) is 2. The van der Waals surface area contributed by atoms with Gasteiger partial charge in [0.25, 0.3) is 0 Å². The minimum Gasteiger partial charge on any atom is -0.351 e. The Bertz CT molecular complexity index is 833. The lowest BCUT2D eigenvalue weighted by Crippen LogP contribution is -2.36. The molecule has 24 heavy (non-hydrogen) atoms. The molecule has 0 aliphatic heterocycles. The van der Waals surface area contributed by atoms with Gasteiger partial charge in [-0.05, 0) is 48.7 Å². The lowest BCUT2D eigenvalue weighted by Gasteiger charge is -2.10. The number of halogens is 1. The van der Waals surface area contributed by atoms with Crippen molar-refractivity contribution in [1.82, 2.24) is 10.0 Å². The molecule has 128 valence electrons. The second-order valence-electron chi connectivity index (χ2n) is 5.50. The van der Waals surface area contributed by atoms with Gasteiger partial charge in [0, 0.05) is 6.54 Å². The summed E-state index contributed by atoms with van der Waals surface area (Å²) in [6, 6.07) is 10.8. The van der Waals surface area contributed by atoms with E-state index in [1.54, 1.807) is 38.1 Å². The SMILES string of the molecule is Cc1ccc(C)c(S(=O)(=O)NCC(=O)NCc2ccc(F)cc2)c1. The highest BCUT2D eigenvalue weighted by Crippen LogP contribution is 2.16. The summed E-state index contributed by atoms with van der Waals surface area (Å²) >= 11 is 0. The second kappa shape index (κ2) is 7.55. The topological polar surface area (TPSA) is 75.3 Å². The molecule has 2 aromatic carbocycles. The van der Waals surface area contributed by atoms with E-state index in [9.17, 15) is 17.6 Å². The van der Waals surface area contributed by atoms with E-state index in [0.717, 1.165) is 11.1 Å². The zero-order valence-corrected chi connectivity index (χ0v) is 14.3. The van der Waals surface area contributed by atoms with Crippen molar-refractivity contribution in [2.45, 2.75) is 25.3 Å². The van der Waals surface area contributed by atoms with Crippen LogP contribution in [0, 0.1) is 19.7 Å². The minimum absolute atomic E-state index is 0.161. The van der Waals surface area contributed by atoms with Crippen LogP contribution in [0.3, 0.4) is 0 Å². The zero-order chi connectivity index (χ0) is 17.7. The number of amides is 1. The lowest BCUT2D eigenvalue weighted by atomic mass is 10.2. The fourth-order valence-corrected chi connectivity index (χ4v) is 3.41. The Morgan fingerprint density at radius 1 is 1.08 bits per heavy atom. The second-order valence-corrected chi connectivity index (χ2v) is 7.23. The van der Waals surface area contributed by atoms with Gasteiger partial charge in [-0.2, -0.15) is 0 Å². The third kappa shape index (κ3) is 4.87. The summed E-state index contributed by atoms with van der Waals surface area (Å²) in [6.45, 7) is 3.33. The predicted molar refractivity (Wildman–Crippen MR) is 89.4 cm³/mol. The highest BCUT2D eigenvalue weighted by Gasteiger charge is 2.17. The van der Waals surface area contributed by atoms with Crippen molar-refractivity contribution in [1.29, 1.82) is 0 Å². The number of carbonyl (C=O) groups excluding carboxylic acids is 1. The molecule has 0 heterocycles. The molecule has 2 N–H and O–H groups in total. The first-order chi connectivity index (χ1) is 11.3. The molecule has 5 nitrogen and oxygen atoms in total. The quantitative estimate of drug-likeness (QED) is 0.837. The summed E-state index contributed by atoms with van der Waals surface area (Å²) < 4.78 is 39.7. The molecule has 0 radical (unpaired) electrons. The summed E-state index contributed by atoms with van der Waals surface area (Å²) in [5.41, 5.74) is 2.16. The van der Waals surface area contributed by atoms with Crippen LogP contribution in [0.1, 0.15) is 16.7 Å². The first-order valence-electron chi connectivity index (χ1n) is 7.36. The van der Waals surface area contributed by atoms with E-state index in [2.05, 4.69) is 10.0 Å². The third-order valence-corrected chi connectivity index (χ3v) is 5.00. The van der Waals surface area contributed by atoms with Crippen LogP contribution in [0.15, 0.2) is 47.4 Å². The van der Waals surface area contributed by atoms with Crippen LogP contribution in [0.4, 0.5) is 4.39 Å². The zero-order valence-electron chi connectivity index (χ0n) is 13.5. The van der Waals surface area contributed by atoms with Crippen LogP contribution >= 0.6 is 0 Å². The molecule has 7 heteroatoms. The van der Waals surface area contributed by atoms with Crippen LogP contribution in [0.2, 0.25) is 0 Å². The fraction of sp³-hybridized carbons (Fsp3) is 0.235. The summed E-state index contributed by atoms with van der Waals surface area (Å²) in [4.78, 5) is 12.0. The lowest BCUT2D eigenvalue weighted by molar-refractivity contribution is -0.120. The first kappa shape index (κ1) is 18.1. The molecule has 0 saturated heterocycles. The number of aryl methyl sites for hydroxylation is 2. The number of rotatable bonds is 6. The highest BCUT2D eigenvalue weighted by molar-refractivity contribution is 7.89. The summed E-state index contributed by atoms with van der Waals surface area (Å²) in [7, 11) is -3.76. The Labute approximate surface area is 141 Å². The van der Waals surface area contributed by atoms with E-state index in [1.807, 2.05) is 6.07 Å². The molecule has 2 rings (SSSR count). The van der Waals surface area contributed by atoms with Gasteiger partial charge in [0.1, 0.15) is 5.82 Å². The van der Waals surface area contributed by atoms with Crippen LogP contribution < -0.4 is 10.0 Å². The van der Waals surface area contributed by atoms with Crippen LogP contribution in [0.25, 0.3) is 0 Å².